The predicted molar refractivity (Wildman–Crippen MR) is 80.9 cm³/mol. The van der Waals surface area contributed by atoms with E-state index in [0.29, 0.717) is 10.8 Å². The summed E-state index contributed by atoms with van der Waals surface area (Å²) in [5.74, 6) is 0.472. The van der Waals surface area contributed by atoms with Crippen LogP contribution in [0.5, 0.6) is 5.75 Å². The van der Waals surface area contributed by atoms with E-state index >= 15 is 0 Å². The Morgan fingerprint density at radius 2 is 2.20 bits per heavy atom. The summed E-state index contributed by atoms with van der Waals surface area (Å²) < 4.78 is 5.18. The fourth-order valence-corrected chi connectivity index (χ4v) is 1.68. The number of carbonyl (C=O) groups excluding carboxylic acids is 1. The second-order valence-electron chi connectivity index (χ2n) is 4.78. The Kier molecular flexibility index (Phi) is 6.55. The van der Waals surface area contributed by atoms with Crippen molar-refractivity contribution in [3.8, 4) is 5.75 Å². The van der Waals surface area contributed by atoms with Gasteiger partial charge in [0.2, 0.25) is 5.91 Å². The molecule has 0 heterocycles. The molecule has 0 spiro atoms. The van der Waals surface area contributed by atoms with Gasteiger partial charge in [-0.2, -0.15) is 0 Å². The smallest absolute Gasteiger partial charge is 0.244 e. The Morgan fingerprint density at radius 3 is 2.80 bits per heavy atom. The van der Waals surface area contributed by atoms with Crippen LogP contribution in [0.25, 0.3) is 6.08 Å². The number of hydrogen-bond donors (Lipinski definition) is 2. The molecule has 5 heteroatoms. The first-order valence-electron chi connectivity index (χ1n) is 6.41. The third-order valence-electron chi connectivity index (χ3n) is 2.86. The van der Waals surface area contributed by atoms with E-state index in [0.717, 1.165) is 5.56 Å². The normalized spacial score (nSPS) is 12.7. The van der Waals surface area contributed by atoms with Crippen LogP contribution < -0.4 is 10.1 Å². The molecule has 0 saturated carbocycles. The number of ether oxygens (including phenoxy) is 1. The van der Waals surface area contributed by atoms with Gasteiger partial charge in [0.1, 0.15) is 5.75 Å². The van der Waals surface area contributed by atoms with E-state index in [4.69, 9.17) is 16.3 Å². The van der Waals surface area contributed by atoms with E-state index in [-0.39, 0.29) is 18.4 Å². The second-order valence-corrected chi connectivity index (χ2v) is 5.21. The van der Waals surface area contributed by atoms with Gasteiger partial charge in [-0.3, -0.25) is 4.79 Å². The van der Waals surface area contributed by atoms with Crippen LogP contribution in [0.15, 0.2) is 24.3 Å². The van der Waals surface area contributed by atoms with Crippen molar-refractivity contribution in [3.63, 3.8) is 0 Å². The summed E-state index contributed by atoms with van der Waals surface area (Å²) in [6.45, 7) is 4.01. The number of aliphatic hydroxyl groups is 1. The topological polar surface area (TPSA) is 58.6 Å². The van der Waals surface area contributed by atoms with E-state index < -0.39 is 6.10 Å². The highest BCUT2D eigenvalue weighted by atomic mass is 35.5. The zero-order valence-electron chi connectivity index (χ0n) is 11.9. The first-order chi connectivity index (χ1) is 9.43. The Balaban J connectivity index is 2.63. The first-order valence-corrected chi connectivity index (χ1v) is 6.79. The number of nitrogens with one attached hydrogen (secondary N) is 1. The van der Waals surface area contributed by atoms with Crippen LogP contribution in [-0.4, -0.2) is 30.8 Å². The Hall–Kier alpha value is -1.52. The Labute approximate surface area is 124 Å². The van der Waals surface area contributed by atoms with Gasteiger partial charge < -0.3 is 15.2 Å². The fourth-order valence-electron chi connectivity index (χ4n) is 1.50. The average molecular weight is 298 g/mol. The maximum Gasteiger partial charge on any atom is 0.244 e. The molecular weight excluding hydrogens is 278 g/mol. The number of aliphatic hydroxyl groups excluding tert-OH is 1. The minimum Gasteiger partial charge on any atom is -0.496 e. The third-order valence-corrected chi connectivity index (χ3v) is 3.10. The van der Waals surface area contributed by atoms with Gasteiger partial charge in [0.25, 0.3) is 0 Å². The lowest BCUT2D eigenvalue weighted by Crippen LogP contribution is -2.33. The highest BCUT2D eigenvalue weighted by Crippen LogP contribution is 2.23. The Bertz CT molecular complexity index is 486. The number of halogens is 1. The van der Waals surface area contributed by atoms with E-state index in [1.807, 2.05) is 13.8 Å². The van der Waals surface area contributed by atoms with Gasteiger partial charge in [-0.1, -0.05) is 25.4 Å². The summed E-state index contributed by atoms with van der Waals surface area (Å²) in [6, 6.07) is 5.17. The quantitative estimate of drug-likeness (QED) is 0.793. The molecule has 2 N–H and O–H groups in total. The van der Waals surface area contributed by atoms with Crippen LogP contribution >= 0.6 is 11.6 Å². The predicted octanol–water partition coefficient (Wildman–Crippen LogP) is 2.49. The van der Waals surface area contributed by atoms with E-state index in [9.17, 15) is 9.90 Å². The minimum atomic E-state index is -0.548. The van der Waals surface area contributed by atoms with Crippen molar-refractivity contribution in [1.82, 2.24) is 5.32 Å². The molecule has 0 aliphatic heterocycles. The van der Waals surface area contributed by atoms with Crippen molar-refractivity contribution in [2.24, 2.45) is 5.92 Å². The van der Waals surface area contributed by atoms with Gasteiger partial charge in [0.15, 0.2) is 0 Å². The zero-order valence-corrected chi connectivity index (χ0v) is 12.6. The maximum atomic E-state index is 11.6. The number of methoxy groups -OCH3 is 1. The van der Waals surface area contributed by atoms with Crippen molar-refractivity contribution < 1.29 is 14.6 Å². The molecule has 20 heavy (non-hydrogen) atoms. The lowest BCUT2D eigenvalue weighted by atomic mass is 10.1. The number of rotatable bonds is 6. The summed E-state index contributed by atoms with van der Waals surface area (Å²) in [5.41, 5.74) is 0.722. The van der Waals surface area contributed by atoms with Crippen LogP contribution in [0.3, 0.4) is 0 Å². The molecule has 1 atom stereocenters. The van der Waals surface area contributed by atoms with Gasteiger partial charge in [-0.05, 0) is 30.2 Å². The standard InChI is InChI=1S/C15H20ClNO3/c1-10(2)13(18)9-17-15(19)7-4-11-8-12(16)5-6-14(11)20-3/h4-8,10,13,18H,9H2,1-3H3,(H,17,19)/b7-4+. The molecule has 0 aliphatic rings. The summed E-state index contributed by atoms with van der Waals surface area (Å²) in [6.07, 6.45) is 2.47. The third kappa shape index (κ3) is 5.23. The van der Waals surface area contributed by atoms with E-state index in [2.05, 4.69) is 5.32 Å². The Morgan fingerprint density at radius 1 is 1.50 bits per heavy atom. The van der Waals surface area contributed by atoms with Crippen molar-refractivity contribution in [2.45, 2.75) is 20.0 Å². The van der Waals surface area contributed by atoms with Crippen molar-refractivity contribution in [3.05, 3.63) is 34.9 Å². The van der Waals surface area contributed by atoms with Crippen LogP contribution in [0.2, 0.25) is 5.02 Å². The lowest BCUT2D eigenvalue weighted by molar-refractivity contribution is -0.117. The summed E-state index contributed by atoms with van der Waals surface area (Å²) >= 11 is 5.90. The number of hydrogen-bond acceptors (Lipinski definition) is 3. The molecule has 1 aromatic rings. The molecular formula is C15H20ClNO3. The van der Waals surface area contributed by atoms with Crippen LogP contribution in [0.4, 0.5) is 0 Å². The van der Waals surface area contributed by atoms with Gasteiger partial charge in [-0.25, -0.2) is 0 Å². The van der Waals surface area contributed by atoms with Gasteiger partial charge in [0, 0.05) is 23.2 Å². The highest BCUT2D eigenvalue weighted by Gasteiger charge is 2.09. The number of carbonyl (C=O) groups is 1. The molecule has 0 saturated heterocycles. The minimum absolute atomic E-state index is 0.104. The maximum absolute atomic E-state index is 11.6. The second kappa shape index (κ2) is 7.92. The lowest BCUT2D eigenvalue weighted by Gasteiger charge is -2.14. The molecule has 0 aliphatic carbocycles. The summed E-state index contributed by atoms with van der Waals surface area (Å²) in [5, 5.41) is 12.8. The van der Waals surface area contributed by atoms with Gasteiger partial charge >= 0.3 is 0 Å². The molecule has 1 unspecified atom stereocenters. The summed E-state index contributed by atoms with van der Waals surface area (Å²) in [7, 11) is 1.56. The largest absolute Gasteiger partial charge is 0.496 e. The van der Waals surface area contributed by atoms with Crippen molar-refractivity contribution in [2.75, 3.05) is 13.7 Å². The molecule has 0 bridgehead atoms. The molecule has 4 nitrogen and oxygen atoms in total. The zero-order chi connectivity index (χ0) is 15.1. The van der Waals surface area contributed by atoms with Gasteiger partial charge in [0.05, 0.1) is 13.2 Å². The molecule has 0 radical (unpaired) electrons. The monoisotopic (exact) mass is 297 g/mol. The number of benzene rings is 1. The van der Waals surface area contributed by atoms with Crippen LogP contribution in [0, 0.1) is 5.92 Å². The fraction of sp³-hybridized carbons (Fsp3) is 0.400. The highest BCUT2D eigenvalue weighted by molar-refractivity contribution is 6.30. The van der Waals surface area contributed by atoms with Crippen LogP contribution in [0.1, 0.15) is 19.4 Å². The number of amides is 1. The molecule has 0 fully saturated rings. The van der Waals surface area contributed by atoms with Crippen molar-refractivity contribution >= 4 is 23.6 Å². The van der Waals surface area contributed by atoms with E-state index in [1.54, 1.807) is 31.4 Å². The first kappa shape index (κ1) is 16.5. The molecule has 1 rings (SSSR count). The van der Waals surface area contributed by atoms with Gasteiger partial charge in [-0.15, -0.1) is 0 Å². The van der Waals surface area contributed by atoms with Crippen molar-refractivity contribution in [1.29, 1.82) is 0 Å². The summed E-state index contributed by atoms with van der Waals surface area (Å²) in [4.78, 5) is 11.6. The molecule has 1 amide bonds. The van der Waals surface area contributed by atoms with Crippen LogP contribution in [-0.2, 0) is 4.79 Å². The molecule has 0 aromatic heterocycles. The average Bonchev–Trinajstić information content (AvgIpc) is 2.42. The SMILES string of the molecule is COc1ccc(Cl)cc1/C=C/C(=O)NCC(O)C(C)C. The van der Waals surface area contributed by atoms with E-state index in [1.165, 1.54) is 6.08 Å². The molecule has 1 aromatic carbocycles. The molecule has 110 valence electrons.